The molecule has 3 aromatic rings. The van der Waals surface area contributed by atoms with Crippen molar-refractivity contribution < 1.29 is 46.8 Å². The Morgan fingerprint density at radius 1 is 1.00 bits per heavy atom. The second kappa shape index (κ2) is 15.4. The molecule has 2 aromatic carbocycles. The smallest absolute Gasteiger partial charge is 0.387 e. The van der Waals surface area contributed by atoms with Gasteiger partial charge in [-0.25, -0.2) is 0 Å². The van der Waals surface area contributed by atoms with Crippen molar-refractivity contribution in [3.8, 4) is 23.0 Å². The average molecular weight is 671 g/mol. The second-order valence-corrected chi connectivity index (χ2v) is 11.4. The molecule has 1 aliphatic carbocycles. The summed E-state index contributed by atoms with van der Waals surface area (Å²) in [7, 11) is 1.39. The molecule has 0 amide bonds. The van der Waals surface area contributed by atoms with Gasteiger partial charge in [0, 0.05) is 31.3 Å². The number of methoxy groups -OCH3 is 1. The van der Waals surface area contributed by atoms with Gasteiger partial charge in [0.05, 0.1) is 29.5 Å². The molecule has 234 valence electrons. The van der Waals surface area contributed by atoms with Crippen LogP contribution in [0.5, 0.6) is 23.0 Å². The summed E-state index contributed by atoms with van der Waals surface area (Å²) in [4.78, 5) is 41.3. The summed E-state index contributed by atoms with van der Waals surface area (Å²) >= 11 is 13.3. The van der Waals surface area contributed by atoms with Crippen molar-refractivity contribution in [3.63, 3.8) is 0 Å². The molecule has 0 bridgehead atoms. The molecular formula is C30H27Cl2F2NO8S. The molecule has 4 rings (SSSR count). The molecule has 44 heavy (non-hydrogen) atoms. The number of carbonyl (C=O) groups excluding carboxylic acids is 3. The van der Waals surface area contributed by atoms with Gasteiger partial charge in [0.25, 0.3) is 0 Å². The molecule has 0 spiro atoms. The van der Waals surface area contributed by atoms with Crippen molar-refractivity contribution in [2.75, 3.05) is 19.5 Å². The number of rotatable bonds is 14. The van der Waals surface area contributed by atoms with Crippen molar-refractivity contribution in [2.24, 2.45) is 5.92 Å². The van der Waals surface area contributed by atoms with Gasteiger partial charge < -0.3 is 23.7 Å². The number of halogens is 4. The molecule has 0 saturated heterocycles. The van der Waals surface area contributed by atoms with Gasteiger partial charge in [-0.2, -0.15) is 8.78 Å². The van der Waals surface area contributed by atoms with Crippen molar-refractivity contribution >= 4 is 52.0 Å². The Kier molecular flexibility index (Phi) is 11.7. The lowest BCUT2D eigenvalue weighted by atomic mass is 10.0. The minimum atomic E-state index is -3.07. The van der Waals surface area contributed by atoms with E-state index >= 15 is 0 Å². The Hall–Kier alpha value is -3.61. The average Bonchev–Trinajstić information content (AvgIpc) is 3.81. The molecule has 1 fully saturated rings. The van der Waals surface area contributed by atoms with Crippen LogP contribution < -0.4 is 18.9 Å². The third kappa shape index (κ3) is 9.44. The lowest BCUT2D eigenvalue weighted by Crippen LogP contribution is -2.17. The predicted molar refractivity (Wildman–Crippen MR) is 159 cm³/mol. The summed E-state index contributed by atoms with van der Waals surface area (Å²) in [6, 6.07) is 8.51. The highest BCUT2D eigenvalue weighted by atomic mass is 35.5. The number of esters is 2. The van der Waals surface area contributed by atoms with Crippen LogP contribution in [0, 0.1) is 5.92 Å². The first-order valence-electron chi connectivity index (χ1n) is 13.3. The molecule has 0 aliphatic heterocycles. The number of aromatic nitrogens is 1. The van der Waals surface area contributed by atoms with Gasteiger partial charge in [-0.05, 0) is 60.2 Å². The van der Waals surface area contributed by atoms with Gasteiger partial charge in [-0.1, -0.05) is 41.0 Å². The molecule has 14 heteroatoms. The highest BCUT2D eigenvalue weighted by molar-refractivity contribution is 8.14. The predicted octanol–water partition coefficient (Wildman–Crippen LogP) is 7.11. The molecule has 1 atom stereocenters. The molecule has 1 aliphatic rings. The van der Waals surface area contributed by atoms with Gasteiger partial charge in [-0.3, -0.25) is 19.4 Å². The molecule has 1 heterocycles. The van der Waals surface area contributed by atoms with E-state index in [1.165, 1.54) is 62.8 Å². The topological polar surface area (TPSA) is 110 Å². The number of hydrogen-bond donors (Lipinski definition) is 0. The number of hydrogen-bond acceptors (Lipinski definition) is 10. The number of nitrogens with zero attached hydrogens (tertiary/aromatic N) is 1. The highest BCUT2D eigenvalue weighted by Gasteiger charge is 2.26. The Labute approximate surface area is 266 Å². The van der Waals surface area contributed by atoms with E-state index in [-0.39, 0.29) is 50.8 Å². The van der Waals surface area contributed by atoms with Gasteiger partial charge in [-0.15, -0.1) is 0 Å². The van der Waals surface area contributed by atoms with E-state index in [9.17, 15) is 23.2 Å². The van der Waals surface area contributed by atoms with E-state index in [4.69, 9.17) is 42.1 Å². The summed E-state index contributed by atoms with van der Waals surface area (Å²) < 4.78 is 52.6. The lowest BCUT2D eigenvalue weighted by Gasteiger charge is -2.21. The van der Waals surface area contributed by atoms with E-state index in [1.54, 1.807) is 0 Å². The number of carbonyl (C=O) groups is 3. The van der Waals surface area contributed by atoms with Crippen LogP contribution in [-0.4, -0.2) is 48.1 Å². The normalized spacial score (nSPS) is 13.2. The van der Waals surface area contributed by atoms with E-state index in [1.807, 2.05) is 0 Å². The maximum absolute atomic E-state index is 13.1. The first kappa shape index (κ1) is 33.3. The lowest BCUT2D eigenvalue weighted by molar-refractivity contribution is -0.146. The molecule has 0 unspecified atom stereocenters. The van der Waals surface area contributed by atoms with Crippen molar-refractivity contribution in [3.05, 3.63) is 75.5 Å². The quantitative estimate of drug-likeness (QED) is 0.130. The minimum Gasteiger partial charge on any atom is -0.493 e. The fraction of sp³-hybridized carbons (Fsp3) is 0.333. The number of thioether (sulfide) groups is 1. The molecule has 1 aromatic heterocycles. The molecule has 0 radical (unpaired) electrons. The van der Waals surface area contributed by atoms with E-state index in [0.717, 1.165) is 12.8 Å². The van der Waals surface area contributed by atoms with Crippen LogP contribution >= 0.6 is 35.0 Å². The van der Waals surface area contributed by atoms with Crippen LogP contribution in [0.4, 0.5) is 8.78 Å². The standard InChI is InChI=1S/C30H27Cl2F2NO8S/c1-16(36)41-27-10-19(6-7-23(27)39-2)29(38)44-15-28(37)42-25(11-20-21(31)12-35-13-22(20)32)18-5-8-24(43-30(33)34)26(9-18)40-14-17-3-4-17/h5-10,12-13,17,25,30H,3-4,11,14-15H2,1-2H3/t25-/m0/s1. The number of alkyl halides is 2. The zero-order chi connectivity index (χ0) is 31.8. The van der Waals surface area contributed by atoms with Crippen molar-refractivity contribution in [1.82, 2.24) is 4.98 Å². The van der Waals surface area contributed by atoms with Crippen LogP contribution in [0.3, 0.4) is 0 Å². The fourth-order valence-electron chi connectivity index (χ4n) is 4.01. The molecule has 1 saturated carbocycles. The first-order chi connectivity index (χ1) is 21.0. The second-order valence-electron chi connectivity index (χ2n) is 9.64. The Morgan fingerprint density at radius 3 is 2.34 bits per heavy atom. The van der Waals surface area contributed by atoms with Crippen LogP contribution in [0.25, 0.3) is 0 Å². The van der Waals surface area contributed by atoms with Crippen LogP contribution in [0.1, 0.15) is 47.4 Å². The zero-order valence-corrected chi connectivity index (χ0v) is 25.8. The fourth-order valence-corrected chi connectivity index (χ4v) is 5.14. The summed E-state index contributed by atoms with van der Waals surface area (Å²) in [5, 5.41) is -0.0258. The van der Waals surface area contributed by atoms with E-state index in [0.29, 0.717) is 35.4 Å². The summed E-state index contributed by atoms with van der Waals surface area (Å²) in [6.45, 7) is -1.54. The van der Waals surface area contributed by atoms with E-state index < -0.39 is 29.8 Å². The highest BCUT2D eigenvalue weighted by Crippen LogP contribution is 2.38. The van der Waals surface area contributed by atoms with Crippen molar-refractivity contribution in [1.29, 1.82) is 0 Å². The van der Waals surface area contributed by atoms with Gasteiger partial charge in [0.15, 0.2) is 23.0 Å². The Balaban J connectivity index is 1.54. The largest absolute Gasteiger partial charge is 0.493 e. The summed E-state index contributed by atoms with van der Waals surface area (Å²) in [5.41, 5.74) is 1.00. The first-order valence-corrected chi connectivity index (χ1v) is 15.0. The van der Waals surface area contributed by atoms with Crippen LogP contribution in [0.2, 0.25) is 10.0 Å². The number of ether oxygens (including phenoxy) is 5. The molecular weight excluding hydrogens is 643 g/mol. The SMILES string of the molecule is COc1ccc(C(=O)SCC(=O)O[C@@H](Cc2c(Cl)cncc2Cl)c2ccc(OC(F)F)c(OCC3CC3)c2)cc1OC(C)=O. The minimum absolute atomic E-state index is 0.00583. The Morgan fingerprint density at radius 2 is 1.70 bits per heavy atom. The molecule has 0 N–H and O–H groups in total. The maximum Gasteiger partial charge on any atom is 0.387 e. The van der Waals surface area contributed by atoms with Gasteiger partial charge in [0.1, 0.15) is 6.10 Å². The Bertz CT molecular complexity index is 1500. The van der Waals surface area contributed by atoms with E-state index in [2.05, 4.69) is 9.72 Å². The van der Waals surface area contributed by atoms with Gasteiger partial charge in [0.2, 0.25) is 5.12 Å². The molecule has 9 nitrogen and oxygen atoms in total. The number of pyridine rings is 1. The zero-order valence-electron chi connectivity index (χ0n) is 23.5. The van der Waals surface area contributed by atoms with Crippen molar-refractivity contribution in [2.45, 2.75) is 38.9 Å². The van der Waals surface area contributed by atoms with Crippen LogP contribution in [0.15, 0.2) is 48.8 Å². The third-order valence-corrected chi connectivity index (χ3v) is 7.85. The van der Waals surface area contributed by atoms with Crippen LogP contribution in [-0.2, 0) is 20.7 Å². The monoisotopic (exact) mass is 669 g/mol. The maximum atomic E-state index is 13.1. The van der Waals surface area contributed by atoms with Gasteiger partial charge >= 0.3 is 18.6 Å². The summed E-state index contributed by atoms with van der Waals surface area (Å²) in [6.07, 6.45) is 3.73. The number of benzene rings is 2. The third-order valence-electron chi connectivity index (χ3n) is 6.32. The summed E-state index contributed by atoms with van der Waals surface area (Å²) in [5.74, 6) is -1.19.